The normalized spacial score (nSPS) is 12.6. The van der Waals surface area contributed by atoms with Gasteiger partial charge >= 0.3 is 0 Å². The average molecular weight is 218 g/mol. The van der Waals surface area contributed by atoms with Gasteiger partial charge in [-0.2, -0.15) is 0 Å². The van der Waals surface area contributed by atoms with Crippen molar-refractivity contribution in [3.63, 3.8) is 0 Å². The lowest BCUT2D eigenvalue weighted by molar-refractivity contribution is 0.105. The number of fused-ring (bicyclic) bond motifs is 3. The van der Waals surface area contributed by atoms with Crippen LogP contribution in [0.3, 0.4) is 0 Å². The van der Waals surface area contributed by atoms with Crippen LogP contribution in [-0.4, -0.2) is 5.78 Å². The molecule has 0 N–H and O–H groups in total. The first kappa shape index (κ1) is 9.86. The van der Waals surface area contributed by atoms with E-state index in [9.17, 15) is 4.79 Å². The molecule has 0 aliphatic heterocycles. The highest BCUT2D eigenvalue weighted by Gasteiger charge is 2.14. The zero-order chi connectivity index (χ0) is 11.7. The Morgan fingerprint density at radius 1 is 0.824 bits per heavy atom. The smallest absolute Gasteiger partial charge is 0.236 e. The predicted octanol–water partition coefficient (Wildman–Crippen LogP) is 3.10. The van der Waals surface area contributed by atoms with E-state index in [2.05, 4.69) is 24.0 Å². The zero-order valence-corrected chi connectivity index (χ0v) is 9.23. The molecule has 1 heteroatoms. The Balaban J connectivity index is 2.35. The molecule has 0 radical (unpaired) electrons. The SMILES string of the molecule is O=C1C#CCc2ccccc2-c2ccccc21. The lowest BCUT2D eigenvalue weighted by Crippen LogP contribution is -2.02. The summed E-state index contributed by atoms with van der Waals surface area (Å²) in [7, 11) is 0. The van der Waals surface area contributed by atoms with E-state index in [0.29, 0.717) is 12.0 Å². The molecule has 0 amide bonds. The number of carbonyl (C=O) groups is 1. The van der Waals surface area contributed by atoms with Gasteiger partial charge in [0, 0.05) is 12.0 Å². The third-order valence-electron chi connectivity index (χ3n) is 2.96. The first-order chi connectivity index (χ1) is 8.36. The van der Waals surface area contributed by atoms with Gasteiger partial charge < -0.3 is 0 Å². The fourth-order valence-electron chi connectivity index (χ4n) is 2.14. The van der Waals surface area contributed by atoms with Gasteiger partial charge in [0.15, 0.2) is 0 Å². The van der Waals surface area contributed by atoms with Gasteiger partial charge in [-0.05, 0) is 28.7 Å². The van der Waals surface area contributed by atoms with E-state index in [0.717, 1.165) is 11.1 Å². The van der Waals surface area contributed by atoms with Crippen molar-refractivity contribution in [3.05, 3.63) is 59.7 Å². The number of Topliss-reactive ketones (excluding diaryl/α,β-unsaturated/α-hetero) is 1. The molecule has 0 spiro atoms. The van der Waals surface area contributed by atoms with E-state index in [1.54, 1.807) is 0 Å². The fourth-order valence-corrected chi connectivity index (χ4v) is 2.14. The van der Waals surface area contributed by atoms with Crippen molar-refractivity contribution in [1.29, 1.82) is 0 Å². The molecular formula is C16H10O. The molecule has 0 aromatic heterocycles. The summed E-state index contributed by atoms with van der Waals surface area (Å²) in [5.41, 5.74) is 3.99. The molecule has 17 heavy (non-hydrogen) atoms. The fraction of sp³-hybridized carbons (Fsp3) is 0.0625. The predicted molar refractivity (Wildman–Crippen MR) is 67.7 cm³/mol. The van der Waals surface area contributed by atoms with E-state index in [4.69, 9.17) is 0 Å². The maximum absolute atomic E-state index is 11.9. The Bertz CT molecular complexity index is 656. The average Bonchev–Trinajstić information content (AvgIpc) is 2.37. The van der Waals surface area contributed by atoms with Gasteiger partial charge in [-0.1, -0.05) is 48.4 Å². The molecule has 0 bridgehead atoms. The summed E-state index contributed by atoms with van der Waals surface area (Å²) in [6, 6.07) is 15.8. The van der Waals surface area contributed by atoms with Crippen LogP contribution in [0.2, 0.25) is 0 Å². The summed E-state index contributed by atoms with van der Waals surface area (Å²) in [5, 5.41) is 0. The molecule has 0 atom stereocenters. The van der Waals surface area contributed by atoms with E-state index in [1.807, 2.05) is 36.4 Å². The molecule has 1 aliphatic carbocycles. The first-order valence-electron chi connectivity index (χ1n) is 5.57. The summed E-state index contributed by atoms with van der Waals surface area (Å²) < 4.78 is 0. The van der Waals surface area contributed by atoms with Gasteiger partial charge in [0.2, 0.25) is 5.78 Å². The van der Waals surface area contributed by atoms with Crippen molar-refractivity contribution in [3.8, 4) is 23.0 Å². The molecule has 0 unspecified atom stereocenters. The highest BCUT2D eigenvalue weighted by molar-refractivity contribution is 6.13. The monoisotopic (exact) mass is 218 g/mol. The van der Waals surface area contributed by atoms with Crippen molar-refractivity contribution < 1.29 is 4.79 Å². The highest BCUT2D eigenvalue weighted by Crippen LogP contribution is 2.28. The van der Waals surface area contributed by atoms with Crippen molar-refractivity contribution in [2.75, 3.05) is 0 Å². The summed E-state index contributed by atoms with van der Waals surface area (Å²) in [6.45, 7) is 0. The quantitative estimate of drug-likeness (QED) is 0.490. The summed E-state index contributed by atoms with van der Waals surface area (Å²) in [4.78, 5) is 11.9. The van der Waals surface area contributed by atoms with Gasteiger partial charge in [0.1, 0.15) is 0 Å². The molecule has 0 saturated heterocycles. The van der Waals surface area contributed by atoms with E-state index in [1.165, 1.54) is 5.56 Å². The Labute approximate surface area is 100 Å². The summed E-state index contributed by atoms with van der Waals surface area (Å²) >= 11 is 0. The van der Waals surface area contributed by atoms with Crippen LogP contribution in [0.1, 0.15) is 15.9 Å². The molecule has 80 valence electrons. The van der Waals surface area contributed by atoms with Gasteiger partial charge in [0.05, 0.1) is 0 Å². The maximum atomic E-state index is 11.9. The molecule has 0 saturated carbocycles. The Morgan fingerprint density at radius 2 is 1.47 bits per heavy atom. The molecule has 0 heterocycles. The molecular weight excluding hydrogens is 208 g/mol. The van der Waals surface area contributed by atoms with Crippen LogP contribution in [0.4, 0.5) is 0 Å². The molecule has 3 rings (SSSR count). The van der Waals surface area contributed by atoms with Gasteiger partial charge in [-0.25, -0.2) is 0 Å². The minimum Gasteiger partial charge on any atom is -0.279 e. The largest absolute Gasteiger partial charge is 0.279 e. The van der Waals surface area contributed by atoms with E-state index < -0.39 is 0 Å². The molecule has 0 fully saturated rings. The lowest BCUT2D eigenvalue weighted by Gasteiger charge is -2.12. The number of benzene rings is 2. The number of rotatable bonds is 0. The second kappa shape index (κ2) is 3.92. The zero-order valence-electron chi connectivity index (χ0n) is 9.23. The molecule has 2 aromatic rings. The number of hydrogen-bond donors (Lipinski definition) is 0. The van der Waals surface area contributed by atoms with Crippen LogP contribution >= 0.6 is 0 Å². The minimum atomic E-state index is -0.0879. The van der Waals surface area contributed by atoms with Crippen LogP contribution in [-0.2, 0) is 6.42 Å². The van der Waals surface area contributed by atoms with Gasteiger partial charge in [-0.3, -0.25) is 4.79 Å². The van der Waals surface area contributed by atoms with Crippen LogP contribution < -0.4 is 0 Å². The molecule has 1 nitrogen and oxygen atoms in total. The summed E-state index contributed by atoms with van der Waals surface area (Å²) in [6.07, 6.45) is 0.635. The second-order valence-corrected chi connectivity index (χ2v) is 4.01. The van der Waals surface area contributed by atoms with Crippen molar-refractivity contribution in [1.82, 2.24) is 0 Å². The van der Waals surface area contributed by atoms with Crippen molar-refractivity contribution in [2.45, 2.75) is 6.42 Å². The third-order valence-corrected chi connectivity index (χ3v) is 2.96. The maximum Gasteiger partial charge on any atom is 0.236 e. The lowest BCUT2D eigenvalue weighted by atomic mass is 9.91. The second-order valence-electron chi connectivity index (χ2n) is 4.01. The van der Waals surface area contributed by atoms with Gasteiger partial charge in [-0.15, -0.1) is 0 Å². The Kier molecular flexibility index (Phi) is 2.27. The third kappa shape index (κ3) is 1.64. The number of hydrogen-bond acceptors (Lipinski definition) is 1. The Morgan fingerprint density at radius 3 is 2.29 bits per heavy atom. The molecule has 2 aromatic carbocycles. The van der Waals surface area contributed by atoms with E-state index >= 15 is 0 Å². The van der Waals surface area contributed by atoms with Gasteiger partial charge in [0.25, 0.3) is 0 Å². The summed E-state index contributed by atoms with van der Waals surface area (Å²) in [5.74, 6) is 5.54. The standard InChI is InChI=1S/C16H10O/c17-16-11-5-7-12-6-1-2-8-13(12)14-9-3-4-10-15(14)16/h1-4,6,8-10H,7H2. The first-order valence-corrected chi connectivity index (χ1v) is 5.57. The van der Waals surface area contributed by atoms with Crippen LogP contribution in [0.15, 0.2) is 48.5 Å². The minimum absolute atomic E-state index is 0.0879. The van der Waals surface area contributed by atoms with Crippen molar-refractivity contribution >= 4 is 5.78 Å². The number of ketones is 1. The Hall–Kier alpha value is -2.33. The molecule has 1 aliphatic rings. The van der Waals surface area contributed by atoms with Crippen LogP contribution in [0.25, 0.3) is 11.1 Å². The van der Waals surface area contributed by atoms with Crippen LogP contribution in [0.5, 0.6) is 0 Å². The highest BCUT2D eigenvalue weighted by atomic mass is 16.1. The topological polar surface area (TPSA) is 17.1 Å². The van der Waals surface area contributed by atoms with Crippen LogP contribution in [0, 0.1) is 11.8 Å². The van der Waals surface area contributed by atoms with E-state index in [-0.39, 0.29) is 5.78 Å². The number of carbonyl (C=O) groups excluding carboxylic acids is 1. The van der Waals surface area contributed by atoms with Crippen molar-refractivity contribution in [2.24, 2.45) is 0 Å².